The van der Waals surface area contributed by atoms with Crippen LogP contribution in [0.1, 0.15) is 12.0 Å². The number of carbonyl (C=O) groups excluding carboxylic acids is 1. The van der Waals surface area contributed by atoms with Gasteiger partial charge in [0.2, 0.25) is 5.91 Å². The monoisotopic (exact) mass is 279 g/mol. The lowest BCUT2D eigenvalue weighted by Crippen LogP contribution is -2.39. The number of likely N-dealkylation sites (tertiary alicyclic amines) is 1. The fraction of sp³-hybridized carbons (Fsp3) is 0.286. The molecule has 1 heterocycles. The van der Waals surface area contributed by atoms with Gasteiger partial charge in [-0.3, -0.25) is 4.79 Å². The zero-order chi connectivity index (χ0) is 14.7. The van der Waals surface area contributed by atoms with Gasteiger partial charge in [0.1, 0.15) is 11.9 Å². The van der Waals surface area contributed by atoms with Gasteiger partial charge in [0.15, 0.2) is 0 Å². The van der Waals surface area contributed by atoms with Crippen LogP contribution < -0.4 is 0 Å². The first-order valence-corrected chi connectivity index (χ1v) is 6.13. The lowest BCUT2D eigenvalue weighted by atomic mass is 10.2. The number of amides is 1. The second-order valence-electron chi connectivity index (χ2n) is 4.59. The quantitative estimate of drug-likeness (QED) is 0.805. The van der Waals surface area contributed by atoms with Gasteiger partial charge >= 0.3 is 5.97 Å². The van der Waals surface area contributed by atoms with Crippen molar-refractivity contribution in [2.45, 2.75) is 18.6 Å². The minimum absolute atomic E-state index is 0.00854. The van der Waals surface area contributed by atoms with E-state index in [1.165, 1.54) is 24.3 Å². The summed E-state index contributed by atoms with van der Waals surface area (Å²) in [6, 6.07) is 4.90. The van der Waals surface area contributed by atoms with Crippen LogP contribution >= 0.6 is 0 Å². The molecule has 1 fully saturated rings. The number of aliphatic hydroxyl groups excluding tert-OH is 1. The maximum atomic E-state index is 13.4. The van der Waals surface area contributed by atoms with Crippen molar-refractivity contribution in [2.24, 2.45) is 0 Å². The van der Waals surface area contributed by atoms with Crippen LogP contribution in [0.4, 0.5) is 4.39 Å². The first kappa shape index (κ1) is 14.2. The van der Waals surface area contributed by atoms with Crippen LogP contribution in [0, 0.1) is 5.82 Å². The number of carboxylic acid groups (broad SMARTS) is 1. The van der Waals surface area contributed by atoms with Gasteiger partial charge in [-0.25, -0.2) is 9.18 Å². The molecule has 106 valence electrons. The van der Waals surface area contributed by atoms with E-state index in [4.69, 9.17) is 5.11 Å². The minimum atomic E-state index is -1.16. The van der Waals surface area contributed by atoms with Crippen LogP contribution in [0.2, 0.25) is 0 Å². The van der Waals surface area contributed by atoms with E-state index >= 15 is 0 Å². The predicted octanol–water partition coefficient (Wildman–Crippen LogP) is 0.885. The van der Waals surface area contributed by atoms with Gasteiger partial charge in [0.25, 0.3) is 0 Å². The molecule has 2 rings (SSSR count). The Morgan fingerprint density at radius 2 is 2.05 bits per heavy atom. The number of β-amino-alcohol motifs (C(OH)–C–C–N with tert-alkyl or cyclic N) is 1. The summed E-state index contributed by atoms with van der Waals surface area (Å²) < 4.78 is 13.4. The smallest absolute Gasteiger partial charge is 0.326 e. The van der Waals surface area contributed by atoms with Crippen molar-refractivity contribution in [3.05, 3.63) is 41.7 Å². The fourth-order valence-electron chi connectivity index (χ4n) is 2.16. The van der Waals surface area contributed by atoms with Crippen LogP contribution in [-0.4, -0.2) is 45.7 Å². The highest BCUT2D eigenvalue weighted by Crippen LogP contribution is 2.19. The highest BCUT2D eigenvalue weighted by Gasteiger charge is 2.37. The molecule has 1 aliphatic heterocycles. The summed E-state index contributed by atoms with van der Waals surface area (Å²) in [5.41, 5.74) is 0.243. The van der Waals surface area contributed by atoms with Crippen molar-refractivity contribution in [3.8, 4) is 0 Å². The summed E-state index contributed by atoms with van der Waals surface area (Å²) in [6.45, 7) is -0.0303. The number of hydrogen-bond donors (Lipinski definition) is 2. The molecule has 1 amide bonds. The molecule has 2 atom stereocenters. The Kier molecular flexibility index (Phi) is 4.14. The SMILES string of the molecule is O=C(O)[C@H]1C[C@@H](O)CN1C(=O)C=Cc1ccccc1F. The van der Waals surface area contributed by atoms with Crippen LogP contribution in [0.5, 0.6) is 0 Å². The van der Waals surface area contributed by atoms with Crippen molar-refractivity contribution < 1.29 is 24.2 Å². The maximum Gasteiger partial charge on any atom is 0.326 e. The summed E-state index contributed by atoms with van der Waals surface area (Å²) in [5.74, 6) is -2.18. The summed E-state index contributed by atoms with van der Waals surface area (Å²) in [4.78, 5) is 24.0. The van der Waals surface area contributed by atoms with Crippen LogP contribution in [0.15, 0.2) is 30.3 Å². The van der Waals surface area contributed by atoms with Crippen molar-refractivity contribution in [2.75, 3.05) is 6.54 Å². The maximum absolute atomic E-state index is 13.4. The Labute approximate surface area is 114 Å². The Morgan fingerprint density at radius 1 is 1.35 bits per heavy atom. The number of aliphatic carboxylic acids is 1. The number of hydrogen-bond acceptors (Lipinski definition) is 3. The highest BCUT2D eigenvalue weighted by molar-refractivity contribution is 5.94. The van der Waals surface area contributed by atoms with Crippen molar-refractivity contribution in [3.63, 3.8) is 0 Å². The first-order chi connectivity index (χ1) is 9.49. The molecule has 0 spiro atoms. The number of benzene rings is 1. The predicted molar refractivity (Wildman–Crippen MR) is 69.2 cm³/mol. The third-order valence-electron chi connectivity index (χ3n) is 3.16. The van der Waals surface area contributed by atoms with Crippen LogP contribution in [0.25, 0.3) is 6.08 Å². The Balaban J connectivity index is 2.12. The molecule has 6 heteroatoms. The van der Waals surface area contributed by atoms with E-state index in [1.54, 1.807) is 6.07 Å². The molecule has 0 radical (unpaired) electrons. The normalized spacial score (nSPS) is 22.4. The zero-order valence-electron chi connectivity index (χ0n) is 10.6. The van der Waals surface area contributed by atoms with Gasteiger partial charge in [-0.05, 0) is 12.1 Å². The topological polar surface area (TPSA) is 77.8 Å². The largest absolute Gasteiger partial charge is 0.480 e. The standard InChI is InChI=1S/C14H14FNO4/c15-11-4-2-1-3-9(11)5-6-13(18)16-8-10(17)7-12(16)14(19)20/h1-6,10,12,17H,7-8H2,(H,19,20)/t10-,12-/m1/s1. The Hall–Kier alpha value is -2.21. The second-order valence-corrected chi connectivity index (χ2v) is 4.59. The molecule has 1 aliphatic rings. The fourth-order valence-corrected chi connectivity index (χ4v) is 2.16. The third kappa shape index (κ3) is 3.03. The van der Waals surface area contributed by atoms with E-state index in [0.29, 0.717) is 0 Å². The van der Waals surface area contributed by atoms with Crippen molar-refractivity contribution >= 4 is 18.0 Å². The number of carbonyl (C=O) groups is 2. The number of aliphatic hydroxyl groups is 1. The molecule has 5 nitrogen and oxygen atoms in total. The van der Waals surface area contributed by atoms with E-state index in [0.717, 1.165) is 11.0 Å². The molecule has 1 aromatic rings. The average Bonchev–Trinajstić information content (AvgIpc) is 2.80. The lowest BCUT2D eigenvalue weighted by Gasteiger charge is -2.19. The van der Waals surface area contributed by atoms with Gasteiger partial charge < -0.3 is 15.1 Å². The lowest BCUT2D eigenvalue weighted by molar-refractivity contribution is -0.146. The molecule has 0 aliphatic carbocycles. The average molecular weight is 279 g/mol. The molecular formula is C14H14FNO4. The van der Waals surface area contributed by atoms with E-state index < -0.39 is 29.8 Å². The first-order valence-electron chi connectivity index (χ1n) is 6.13. The number of nitrogens with zero attached hydrogens (tertiary/aromatic N) is 1. The minimum Gasteiger partial charge on any atom is -0.480 e. The molecule has 1 saturated heterocycles. The molecule has 20 heavy (non-hydrogen) atoms. The highest BCUT2D eigenvalue weighted by atomic mass is 19.1. The molecular weight excluding hydrogens is 265 g/mol. The van der Waals surface area contributed by atoms with E-state index in [-0.39, 0.29) is 18.5 Å². The summed E-state index contributed by atoms with van der Waals surface area (Å²) in [7, 11) is 0. The van der Waals surface area contributed by atoms with Gasteiger partial charge in [-0.1, -0.05) is 18.2 Å². The Bertz CT molecular complexity index is 558. The summed E-state index contributed by atoms with van der Waals surface area (Å²) in [6.07, 6.45) is 1.57. The van der Waals surface area contributed by atoms with Gasteiger partial charge in [-0.15, -0.1) is 0 Å². The van der Waals surface area contributed by atoms with Crippen molar-refractivity contribution in [1.82, 2.24) is 4.90 Å². The van der Waals surface area contributed by atoms with Crippen LogP contribution in [0.3, 0.4) is 0 Å². The van der Waals surface area contributed by atoms with E-state index in [1.807, 2.05) is 0 Å². The molecule has 0 unspecified atom stereocenters. The summed E-state index contributed by atoms with van der Waals surface area (Å²) >= 11 is 0. The molecule has 2 N–H and O–H groups in total. The van der Waals surface area contributed by atoms with Crippen molar-refractivity contribution in [1.29, 1.82) is 0 Å². The number of carboxylic acids is 1. The Morgan fingerprint density at radius 3 is 2.70 bits per heavy atom. The van der Waals surface area contributed by atoms with Crippen LogP contribution in [-0.2, 0) is 9.59 Å². The molecule has 0 bridgehead atoms. The second kappa shape index (κ2) is 5.83. The molecule has 0 aromatic heterocycles. The summed E-state index contributed by atoms with van der Waals surface area (Å²) in [5, 5.41) is 18.4. The number of rotatable bonds is 3. The van der Waals surface area contributed by atoms with E-state index in [2.05, 4.69) is 0 Å². The molecule has 0 saturated carbocycles. The molecule has 1 aromatic carbocycles. The number of halogens is 1. The zero-order valence-corrected chi connectivity index (χ0v) is 10.6. The van der Waals surface area contributed by atoms with Gasteiger partial charge in [0.05, 0.1) is 6.10 Å². The third-order valence-corrected chi connectivity index (χ3v) is 3.16. The van der Waals surface area contributed by atoms with Gasteiger partial charge in [-0.2, -0.15) is 0 Å². The van der Waals surface area contributed by atoms with E-state index in [9.17, 15) is 19.1 Å². The van der Waals surface area contributed by atoms with Gasteiger partial charge in [0, 0.05) is 24.6 Å².